The van der Waals surface area contributed by atoms with Crippen LogP contribution in [0.25, 0.3) is 0 Å². The van der Waals surface area contributed by atoms with Crippen molar-refractivity contribution < 1.29 is 4.74 Å². The molecule has 0 aromatic carbocycles. The molecule has 18 heavy (non-hydrogen) atoms. The molecule has 3 rings (SSSR count). The summed E-state index contributed by atoms with van der Waals surface area (Å²) in [6.45, 7) is 3.71. The van der Waals surface area contributed by atoms with Crippen molar-refractivity contribution in [3.05, 3.63) is 12.4 Å². The van der Waals surface area contributed by atoms with E-state index >= 15 is 0 Å². The number of ether oxygens (including phenoxy) is 1. The van der Waals surface area contributed by atoms with Crippen LogP contribution in [0.5, 0.6) is 0 Å². The number of nitrogens with zero attached hydrogens (tertiary/aromatic N) is 2. The Balaban J connectivity index is 1.52. The van der Waals surface area contributed by atoms with E-state index in [4.69, 9.17) is 4.74 Å². The fourth-order valence-corrected chi connectivity index (χ4v) is 2.16. The first kappa shape index (κ1) is 11.7. The normalized spacial score (nSPS) is 23.7. The molecule has 0 bridgehead atoms. The maximum absolute atomic E-state index is 5.57. The Morgan fingerprint density at radius 2 is 2.22 bits per heavy atom. The van der Waals surface area contributed by atoms with Crippen LogP contribution in [0.3, 0.4) is 0 Å². The summed E-state index contributed by atoms with van der Waals surface area (Å²) in [5.74, 6) is 1.74. The quantitative estimate of drug-likeness (QED) is 0.704. The molecular weight excluding hydrogens is 230 g/mol. The van der Waals surface area contributed by atoms with Crippen molar-refractivity contribution in [3.63, 3.8) is 0 Å². The van der Waals surface area contributed by atoms with Crippen LogP contribution in [-0.2, 0) is 4.74 Å². The molecule has 1 aromatic heterocycles. The van der Waals surface area contributed by atoms with Gasteiger partial charge in [-0.05, 0) is 12.8 Å². The Kier molecular flexibility index (Phi) is 3.56. The van der Waals surface area contributed by atoms with Crippen molar-refractivity contribution >= 4 is 11.6 Å². The monoisotopic (exact) mass is 249 g/mol. The van der Waals surface area contributed by atoms with E-state index in [1.807, 2.05) is 6.07 Å². The lowest BCUT2D eigenvalue weighted by molar-refractivity contribution is 0.120. The number of hydrogen-bond donors (Lipinski definition) is 3. The first-order valence-corrected chi connectivity index (χ1v) is 6.55. The number of anilines is 2. The minimum atomic E-state index is 0.326. The third-order valence-electron chi connectivity index (χ3n) is 3.34. The Labute approximate surface area is 107 Å². The van der Waals surface area contributed by atoms with Crippen LogP contribution >= 0.6 is 0 Å². The van der Waals surface area contributed by atoms with Crippen LogP contribution in [0.2, 0.25) is 0 Å². The number of hydrogen-bond acceptors (Lipinski definition) is 6. The molecule has 98 valence electrons. The summed E-state index contributed by atoms with van der Waals surface area (Å²) in [6.07, 6.45) is 4.22. The highest BCUT2D eigenvalue weighted by molar-refractivity contribution is 5.47. The van der Waals surface area contributed by atoms with Crippen molar-refractivity contribution in [1.29, 1.82) is 0 Å². The molecule has 0 radical (unpaired) electrons. The van der Waals surface area contributed by atoms with E-state index in [0.717, 1.165) is 50.7 Å². The van der Waals surface area contributed by atoms with Crippen LogP contribution in [-0.4, -0.2) is 48.4 Å². The molecule has 3 heterocycles. The average molecular weight is 249 g/mol. The van der Waals surface area contributed by atoms with E-state index in [1.165, 1.54) is 0 Å². The van der Waals surface area contributed by atoms with Gasteiger partial charge >= 0.3 is 0 Å². The molecule has 0 spiro atoms. The second-order valence-electron chi connectivity index (χ2n) is 4.80. The Hall–Kier alpha value is -1.40. The Morgan fingerprint density at radius 1 is 1.33 bits per heavy atom. The SMILES string of the molecule is c1nc(NCC2CCCO2)cc(NC2CNC2)n1. The maximum Gasteiger partial charge on any atom is 0.131 e. The lowest BCUT2D eigenvalue weighted by Crippen LogP contribution is -2.51. The lowest BCUT2D eigenvalue weighted by Gasteiger charge is -2.28. The minimum Gasteiger partial charge on any atom is -0.376 e. The predicted octanol–water partition coefficient (Wildman–Crippen LogP) is 0.451. The third kappa shape index (κ3) is 2.88. The lowest BCUT2D eigenvalue weighted by atomic mass is 10.2. The fourth-order valence-electron chi connectivity index (χ4n) is 2.16. The van der Waals surface area contributed by atoms with E-state index in [9.17, 15) is 0 Å². The standard InChI is InChI=1S/C12H19N5O/c1-2-10(18-3-1)7-14-11-4-12(16-8-15-11)17-9-5-13-6-9/h4,8-10,13H,1-3,5-7H2,(H2,14,15,16,17). The molecule has 2 aliphatic rings. The zero-order chi connectivity index (χ0) is 12.2. The van der Waals surface area contributed by atoms with Gasteiger partial charge in [0.2, 0.25) is 0 Å². The summed E-state index contributed by atoms with van der Waals surface area (Å²) in [6, 6.07) is 2.44. The molecule has 1 unspecified atom stereocenters. The van der Waals surface area contributed by atoms with Crippen LogP contribution in [0.15, 0.2) is 12.4 Å². The summed E-state index contributed by atoms with van der Waals surface area (Å²) in [5.41, 5.74) is 0. The van der Waals surface area contributed by atoms with Crippen molar-refractivity contribution in [2.24, 2.45) is 0 Å². The molecule has 6 heteroatoms. The first-order chi connectivity index (χ1) is 8.90. The van der Waals surface area contributed by atoms with E-state index in [1.54, 1.807) is 6.33 Å². The first-order valence-electron chi connectivity index (χ1n) is 6.55. The number of rotatable bonds is 5. The van der Waals surface area contributed by atoms with Gasteiger partial charge in [-0.1, -0.05) is 0 Å². The van der Waals surface area contributed by atoms with Gasteiger partial charge in [0.15, 0.2) is 0 Å². The van der Waals surface area contributed by atoms with Crippen LogP contribution < -0.4 is 16.0 Å². The van der Waals surface area contributed by atoms with Gasteiger partial charge in [-0.15, -0.1) is 0 Å². The van der Waals surface area contributed by atoms with Gasteiger partial charge in [0.25, 0.3) is 0 Å². The molecule has 2 saturated heterocycles. The van der Waals surface area contributed by atoms with Gasteiger partial charge < -0.3 is 20.7 Å². The summed E-state index contributed by atoms with van der Waals surface area (Å²) < 4.78 is 5.57. The summed E-state index contributed by atoms with van der Waals surface area (Å²) in [4.78, 5) is 8.44. The molecule has 3 N–H and O–H groups in total. The van der Waals surface area contributed by atoms with Crippen molar-refractivity contribution in [1.82, 2.24) is 15.3 Å². The second kappa shape index (κ2) is 5.49. The molecule has 0 saturated carbocycles. The van der Waals surface area contributed by atoms with Crippen LogP contribution in [0, 0.1) is 0 Å². The fraction of sp³-hybridized carbons (Fsp3) is 0.667. The highest BCUT2D eigenvalue weighted by Crippen LogP contribution is 2.14. The van der Waals surface area contributed by atoms with Crippen LogP contribution in [0.1, 0.15) is 12.8 Å². The maximum atomic E-state index is 5.57. The molecule has 2 aliphatic heterocycles. The van der Waals surface area contributed by atoms with E-state index in [2.05, 4.69) is 25.9 Å². The van der Waals surface area contributed by atoms with Gasteiger partial charge in [0.1, 0.15) is 18.0 Å². The second-order valence-corrected chi connectivity index (χ2v) is 4.80. The number of aromatic nitrogens is 2. The van der Waals surface area contributed by atoms with Crippen LogP contribution in [0.4, 0.5) is 11.6 Å². The topological polar surface area (TPSA) is 71.1 Å². The highest BCUT2D eigenvalue weighted by Gasteiger charge is 2.17. The molecule has 1 atom stereocenters. The average Bonchev–Trinajstić information content (AvgIpc) is 2.85. The number of nitrogens with one attached hydrogen (secondary N) is 3. The predicted molar refractivity (Wildman–Crippen MR) is 69.8 cm³/mol. The van der Waals surface area contributed by atoms with E-state index in [-0.39, 0.29) is 0 Å². The van der Waals surface area contributed by atoms with Gasteiger partial charge in [-0.3, -0.25) is 0 Å². The molecule has 0 aliphatic carbocycles. The van der Waals surface area contributed by atoms with E-state index in [0.29, 0.717) is 12.1 Å². The smallest absolute Gasteiger partial charge is 0.131 e. The van der Waals surface area contributed by atoms with Gasteiger partial charge in [0, 0.05) is 32.3 Å². The van der Waals surface area contributed by atoms with Gasteiger partial charge in [-0.2, -0.15) is 0 Å². The summed E-state index contributed by atoms with van der Waals surface area (Å²) >= 11 is 0. The molecule has 6 nitrogen and oxygen atoms in total. The third-order valence-corrected chi connectivity index (χ3v) is 3.34. The molecule has 0 amide bonds. The van der Waals surface area contributed by atoms with Crippen molar-refractivity contribution in [3.8, 4) is 0 Å². The molecular formula is C12H19N5O. The van der Waals surface area contributed by atoms with Crippen molar-refractivity contribution in [2.45, 2.75) is 25.0 Å². The van der Waals surface area contributed by atoms with E-state index < -0.39 is 0 Å². The molecule has 2 fully saturated rings. The van der Waals surface area contributed by atoms with Crippen molar-refractivity contribution in [2.75, 3.05) is 36.9 Å². The zero-order valence-electron chi connectivity index (χ0n) is 10.4. The summed E-state index contributed by atoms with van der Waals surface area (Å²) in [5, 5.41) is 9.89. The highest BCUT2D eigenvalue weighted by atomic mass is 16.5. The minimum absolute atomic E-state index is 0.326. The molecule has 1 aromatic rings. The summed E-state index contributed by atoms with van der Waals surface area (Å²) in [7, 11) is 0. The largest absolute Gasteiger partial charge is 0.376 e. The Bertz CT molecular complexity index is 390. The van der Waals surface area contributed by atoms with Gasteiger partial charge in [0.05, 0.1) is 12.1 Å². The zero-order valence-corrected chi connectivity index (χ0v) is 10.4. The van der Waals surface area contributed by atoms with Gasteiger partial charge in [-0.25, -0.2) is 9.97 Å². The Morgan fingerprint density at radius 3 is 2.94 bits per heavy atom.